The van der Waals surface area contributed by atoms with Crippen molar-refractivity contribution in [2.24, 2.45) is 0 Å². The fraction of sp³-hybridized carbons (Fsp3) is 0.364. The average molecular weight is 206 g/mol. The summed E-state index contributed by atoms with van der Waals surface area (Å²) in [7, 11) is 1.80. The van der Waals surface area contributed by atoms with Crippen LogP contribution >= 0.6 is 0 Å². The Morgan fingerprint density at radius 2 is 1.93 bits per heavy atom. The summed E-state index contributed by atoms with van der Waals surface area (Å²) in [6, 6.07) is 7.43. The molecule has 80 valence electrons. The van der Waals surface area contributed by atoms with Crippen LogP contribution in [0.15, 0.2) is 24.3 Å². The normalized spacial score (nSPS) is 16.3. The molecule has 15 heavy (non-hydrogen) atoms. The maximum absolute atomic E-state index is 11.7. The van der Waals surface area contributed by atoms with Crippen molar-refractivity contribution in [2.75, 3.05) is 25.0 Å². The zero-order valence-electron chi connectivity index (χ0n) is 8.68. The molecule has 1 aromatic rings. The van der Waals surface area contributed by atoms with E-state index in [1.807, 2.05) is 24.3 Å². The number of carbonyl (C=O) groups is 1. The Morgan fingerprint density at radius 1 is 1.27 bits per heavy atom. The van der Waals surface area contributed by atoms with Crippen LogP contribution < -0.4 is 4.90 Å². The summed E-state index contributed by atoms with van der Waals surface area (Å²) in [4.78, 5) is 15.1. The van der Waals surface area contributed by atoms with Crippen LogP contribution in [0, 0.1) is 0 Å². The third kappa shape index (κ3) is 1.80. The lowest BCUT2D eigenvalue weighted by atomic mass is 10.2. The molecule has 2 amide bonds. The number of amides is 2. The van der Waals surface area contributed by atoms with E-state index in [2.05, 4.69) is 0 Å². The van der Waals surface area contributed by atoms with Crippen LogP contribution in [0.4, 0.5) is 10.5 Å². The van der Waals surface area contributed by atoms with Crippen molar-refractivity contribution in [3.05, 3.63) is 29.8 Å². The van der Waals surface area contributed by atoms with Gasteiger partial charge in [-0.25, -0.2) is 4.79 Å². The van der Waals surface area contributed by atoms with Gasteiger partial charge in [0.15, 0.2) is 0 Å². The molecule has 0 saturated carbocycles. The Kier molecular flexibility index (Phi) is 2.60. The summed E-state index contributed by atoms with van der Waals surface area (Å²) in [5.41, 5.74) is 1.75. The number of aliphatic hydroxyl groups is 1. The molecule has 0 aromatic heterocycles. The van der Waals surface area contributed by atoms with Gasteiger partial charge in [0.25, 0.3) is 0 Å². The quantitative estimate of drug-likeness (QED) is 0.786. The third-order valence-corrected chi connectivity index (χ3v) is 2.65. The van der Waals surface area contributed by atoms with E-state index >= 15 is 0 Å². The van der Waals surface area contributed by atoms with Crippen LogP contribution in [0.2, 0.25) is 0 Å². The highest BCUT2D eigenvalue weighted by atomic mass is 16.3. The third-order valence-electron chi connectivity index (χ3n) is 2.65. The van der Waals surface area contributed by atoms with Gasteiger partial charge in [0.2, 0.25) is 0 Å². The molecule has 0 aliphatic carbocycles. The fourth-order valence-electron chi connectivity index (χ4n) is 1.67. The molecule has 0 atom stereocenters. The maximum Gasteiger partial charge on any atom is 0.324 e. The molecule has 4 nitrogen and oxygen atoms in total. The molecule has 1 N–H and O–H groups in total. The number of aliphatic hydroxyl groups excluding tert-OH is 1. The van der Waals surface area contributed by atoms with Gasteiger partial charge >= 0.3 is 6.03 Å². The van der Waals surface area contributed by atoms with Crippen molar-refractivity contribution >= 4 is 11.7 Å². The van der Waals surface area contributed by atoms with Crippen molar-refractivity contribution in [1.82, 2.24) is 4.90 Å². The summed E-state index contributed by atoms with van der Waals surface area (Å²) in [6.07, 6.45) is 0. The van der Waals surface area contributed by atoms with Crippen molar-refractivity contribution in [1.29, 1.82) is 0 Å². The minimum absolute atomic E-state index is 0.0340. The van der Waals surface area contributed by atoms with E-state index < -0.39 is 0 Å². The molecule has 1 aliphatic heterocycles. The van der Waals surface area contributed by atoms with E-state index in [9.17, 15) is 4.79 Å². The molecule has 1 aromatic carbocycles. The van der Waals surface area contributed by atoms with Gasteiger partial charge in [-0.1, -0.05) is 12.1 Å². The Balaban J connectivity index is 2.19. The summed E-state index contributed by atoms with van der Waals surface area (Å²) < 4.78 is 0. The summed E-state index contributed by atoms with van der Waals surface area (Å²) in [5.74, 6) is 0. The molecule has 0 unspecified atom stereocenters. The molecule has 1 heterocycles. The van der Waals surface area contributed by atoms with Crippen LogP contribution in [0.1, 0.15) is 5.56 Å². The van der Waals surface area contributed by atoms with E-state index in [1.54, 1.807) is 16.8 Å². The number of hydrogen-bond donors (Lipinski definition) is 1. The van der Waals surface area contributed by atoms with Crippen LogP contribution in [0.3, 0.4) is 0 Å². The van der Waals surface area contributed by atoms with Crippen molar-refractivity contribution in [3.63, 3.8) is 0 Å². The summed E-state index contributed by atoms with van der Waals surface area (Å²) >= 11 is 0. The number of hydrogen-bond acceptors (Lipinski definition) is 2. The summed E-state index contributed by atoms with van der Waals surface area (Å²) in [6.45, 7) is 1.53. The van der Waals surface area contributed by atoms with Gasteiger partial charge in [0.1, 0.15) is 0 Å². The topological polar surface area (TPSA) is 43.8 Å². The molecule has 0 bridgehead atoms. The monoisotopic (exact) mass is 206 g/mol. The lowest BCUT2D eigenvalue weighted by molar-refractivity contribution is 0.229. The molecule has 1 fully saturated rings. The maximum atomic E-state index is 11.7. The number of urea groups is 1. The first-order valence-electron chi connectivity index (χ1n) is 4.95. The van der Waals surface area contributed by atoms with E-state index in [0.717, 1.165) is 24.3 Å². The van der Waals surface area contributed by atoms with Crippen molar-refractivity contribution in [3.8, 4) is 0 Å². The highest BCUT2D eigenvalue weighted by molar-refractivity contribution is 5.93. The van der Waals surface area contributed by atoms with Crippen molar-refractivity contribution < 1.29 is 9.90 Å². The highest BCUT2D eigenvalue weighted by Crippen LogP contribution is 2.19. The predicted octanol–water partition coefficient (Wildman–Crippen LogP) is 1.05. The van der Waals surface area contributed by atoms with E-state index in [-0.39, 0.29) is 12.6 Å². The average Bonchev–Trinajstić information content (AvgIpc) is 2.60. The Hall–Kier alpha value is -1.55. The largest absolute Gasteiger partial charge is 0.392 e. The fourth-order valence-corrected chi connectivity index (χ4v) is 1.67. The first-order valence-corrected chi connectivity index (χ1v) is 4.95. The van der Waals surface area contributed by atoms with E-state index in [0.29, 0.717) is 0 Å². The number of anilines is 1. The zero-order chi connectivity index (χ0) is 10.8. The lowest BCUT2D eigenvalue weighted by Crippen LogP contribution is -2.29. The second kappa shape index (κ2) is 3.90. The Labute approximate surface area is 88.7 Å². The molecule has 1 saturated heterocycles. The van der Waals surface area contributed by atoms with Crippen LogP contribution in [0.25, 0.3) is 0 Å². The van der Waals surface area contributed by atoms with E-state index in [4.69, 9.17) is 5.11 Å². The Bertz CT molecular complexity index is 361. The summed E-state index contributed by atoms with van der Waals surface area (Å²) in [5, 5.41) is 8.90. The van der Waals surface area contributed by atoms with E-state index in [1.165, 1.54) is 0 Å². The van der Waals surface area contributed by atoms with Crippen molar-refractivity contribution in [2.45, 2.75) is 6.61 Å². The zero-order valence-corrected chi connectivity index (χ0v) is 8.68. The molecular weight excluding hydrogens is 192 g/mol. The van der Waals surface area contributed by atoms with Gasteiger partial charge in [0.05, 0.1) is 6.61 Å². The lowest BCUT2D eigenvalue weighted by Gasteiger charge is -2.16. The molecular formula is C11H14N2O2. The molecule has 4 heteroatoms. The SMILES string of the molecule is CN1CCN(c2ccc(CO)cc2)C1=O. The second-order valence-corrected chi connectivity index (χ2v) is 3.68. The minimum atomic E-state index is 0.0340. The Morgan fingerprint density at radius 3 is 2.40 bits per heavy atom. The first kappa shape index (κ1) is 9.98. The second-order valence-electron chi connectivity index (χ2n) is 3.68. The highest BCUT2D eigenvalue weighted by Gasteiger charge is 2.26. The number of benzene rings is 1. The van der Waals surface area contributed by atoms with Gasteiger partial charge in [-0.2, -0.15) is 0 Å². The molecule has 0 radical (unpaired) electrons. The van der Waals surface area contributed by atoms with Gasteiger partial charge in [-0.3, -0.25) is 4.90 Å². The molecule has 1 aliphatic rings. The predicted molar refractivity (Wildman–Crippen MR) is 57.7 cm³/mol. The van der Waals surface area contributed by atoms with Crippen LogP contribution in [-0.4, -0.2) is 36.2 Å². The van der Waals surface area contributed by atoms with Crippen LogP contribution in [0.5, 0.6) is 0 Å². The van der Waals surface area contributed by atoms with Gasteiger partial charge in [-0.05, 0) is 17.7 Å². The number of nitrogens with zero attached hydrogens (tertiary/aromatic N) is 2. The number of rotatable bonds is 2. The first-order chi connectivity index (χ1) is 7.22. The van der Waals surface area contributed by atoms with Gasteiger partial charge in [0, 0.05) is 25.8 Å². The smallest absolute Gasteiger partial charge is 0.324 e. The number of likely N-dealkylation sites (N-methyl/N-ethyl adjacent to an activating group) is 1. The minimum Gasteiger partial charge on any atom is -0.392 e. The standard InChI is InChI=1S/C11H14N2O2/c1-12-6-7-13(11(12)15)10-4-2-9(8-14)3-5-10/h2-5,14H,6-8H2,1H3. The van der Waals surface area contributed by atoms with Gasteiger partial charge in [-0.15, -0.1) is 0 Å². The molecule has 2 rings (SSSR count). The van der Waals surface area contributed by atoms with Crippen LogP contribution in [-0.2, 0) is 6.61 Å². The van der Waals surface area contributed by atoms with Gasteiger partial charge < -0.3 is 10.0 Å². The number of carbonyl (C=O) groups excluding carboxylic acids is 1. The molecule has 0 spiro atoms.